The summed E-state index contributed by atoms with van der Waals surface area (Å²) >= 11 is 0. The quantitative estimate of drug-likeness (QED) is 0.217. The van der Waals surface area contributed by atoms with Crippen LogP contribution >= 0.6 is 0 Å². The number of amides is 5. The SMILES string of the molecule is CCCC(NC(=O)C1[C@H]2CCC[C@H]2CN1C(=O)[C@@H](NC(=O)[C@H](NC(=O)c1cnccn1)C(C)C)C(C)(C)C)C(=O)C(=O)N[C@@H](C)c1ccccc1. The third kappa shape index (κ3) is 9.56. The van der Waals surface area contributed by atoms with E-state index in [1.807, 2.05) is 58.0 Å². The second-order valence-electron chi connectivity index (χ2n) is 15.2. The van der Waals surface area contributed by atoms with Gasteiger partial charge in [0.05, 0.1) is 18.3 Å². The van der Waals surface area contributed by atoms with Crippen molar-refractivity contribution < 1.29 is 28.8 Å². The van der Waals surface area contributed by atoms with E-state index in [9.17, 15) is 28.8 Å². The Morgan fingerprint density at radius 1 is 0.922 bits per heavy atom. The lowest BCUT2D eigenvalue weighted by Crippen LogP contribution is -2.62. The minimum Gasteiger partial charge on any atom is -0.344 e. The molecule has 2 aromatic rings. The number of nitrogens with zero attached hydrogens (tertiary/aromatic N) is 3. The summed E-state index contributed by atoms with van der Waals surface area (Å²) in [6.45, 7) is 13.0. The second kappa shape index (κ2) is 17.0. The average molecular weight is 704 g/mol. The molecule has 13 heteroatoms. The number of aromatic nitrogens is 2. The van der Waals surface area contributed by atoms with Crippen molar-refractivity contribution in [3.8, 4) is 0 Å². The van der Waals surface area contributed by atoms with E-state index in [0.717, 1.165) is 24.8 Å². The maximum absolute atomic E-state index is 14.5. The van der Waals surface area contributed by atoms with E-state index in [-0.39, 0.29) is 29.9 Å². The fourth-order valence-corrected chi connectivity index (χ4v) is 7.15. The number of hydrogen-bond donors (Lipinski definition) is 4. The number of Topliss-reactive ketones (excluding diaryl/α,β-unsaturated/α-hetero) is 1. The summed E-state index contributed by atoms with van der Waals surface area (Å²) < 4.78 is 0. The summed E-state index contributed by atoms with van der Waals surface area (Å²) in [7, 11) is 0. The summed E-state index contributed by atoms with van der Waals surface area (Å²) in [6, 6.07) is 4.91. The van der Waals surface area contributed by atoms with Gasteiger partial charge in [-0.15, -0.1) is 0 Å². The highest BCUT2D eigenvalue weighted by molar-refractivity contribution is 6.38. The van der Waals surface area contributed by atoms with Crippen LogP contribution in [0, 0.1) is 23.2 Å². The van der Waals surface area contributed by atoms with Crippen LogP contribution in [-0.4, -0.2) is 80.9 Å². The van der Waals surface area contributed by atoms with E-state index in [4.69, 9.17) is 0 Å². The van der Waals surface area contributed by atoms with Crippen molar-refractivity contribution in [3.05, 3.63) is 60.2 Å². The van der Waals surface area contributed by atoms with Crippen molar-refractivity contribution in [2.24, 2.45) is 23.2 Å². The zero-order valence-electron chi connectivity index (χ0n) is 30.8. The third-order valence-corrected chi connectivity index (χ3v) is 9.95. The Hall–Kier alpha value is -4.68. The van der Waals surface area contributed by atoms with Crippen molar-refractivity contribution in [2.75, 3.05) is 6.54 Å². The molecular weight excluding hydrogens is 650 g/mol. The lowest BCUT2D eigenvalue weighted by atomic mass is 9.85. The molecule has 1 aromatic heterocycles. The van der Waals surface area contributed by atoms with E-state index in [1.165, 1.54) is 18.6 Å². The van der Waals surface area contributed by atoms with Gasteiger partial charge in [0.2, 0.25) is 23.5 Å². The lowest BCUT2D eigenvalue weighted by Gasteiger charge is -2.37. The number of carbonyl (C=O) groups excluding carboxylic acids is 6. The smallest absolute Gasteiger partial charge is 0.290 e. The van der Waals surface area contributed by atoms with Crippen LogP contribution in [0.3, 0.4) is 0 Å². The first-order valence-electron chi connectivity index (χ1n) is 18.0. The molecule has 1 aliphatic carbocycles. The first-order chi connectivity index (χ1) is 24.1. The van der Waals surface area contributed by atoms with Crippen LogP contribution in [0.1, 0.15) is 103 Å². The Morgan fingerprint density at radius 3 is 2.24 bits per heavy atom. The van der Waals surface area contributed by atoms with Gasteiger partial charge in [0.1, 0.15) is 23.8 Å². The van der Waals surface area contributed by atoms with E-state index >= 15 is 0 Å². The van der Waals surface area contributed by atoms with Gasteiger partial charge in [-0.2, -0.15) is 0 Å². The number of carbonyl (C=O) groups is 6. The fraction of sp³-hybridized carbons (Fsp3) is 0.579. The summed E-state index contributed by atoms with van der Waals surface area (Å²) in [6.07, 6.45) is 7.43. The average Bonchev–Trinajstić information content (AvgIpc) is 3.70. The molecule has 7 atom stereocenters. The fourth-order valence-electron chi connectivity index (χ4n) is 7.15. The topological polar surface area (TPSA) is 180 Å². The van der Waals surface area contributed by atoms with Crippen LogP contribution in [0.2, 0.25) is 0 Å². The van der Waals surface area contributed by atoms with Crippen LogP contribution in [0.4, 0.5) is 0 Å². The van der Waals surface area contributed by atoms with Crippen LogP contribution in [0.5, 0.6) is 0 Å². The normalized spacial score (nSPS) is 20.8. The Bertz CT molecular complexity index is 1560. The first kappa shape index (κ1) is 39.1. The van der Waals surface area contributed by atoms with Gasteiger partial charge >= 0.3 is 0 Å². The zero-order chi connectivity index (χ0) is 37.5. The van der Waals surface area contributed by atoms with Crippen LogP contribution in [0.25, 0.3) is 0 Å². The number of likely N-dealkylation sites (tertiary alicyclic amines) is 1. The molecule has 51 heavy (non-hydrogen) atoms. The first-order valence-corrected chi connectivity index (χ1v) is 18.0. The summed E-state index contributed by atoms with van der Waals surface area (Å²) in [4.78, 5) is 91.4. The van der Waals surface area contributed by atoms with E-state index in [2.05, 4.69) is 31.2 Å². The molecule has 276 valence electrons. The van der Waals surface area contributed by atoms with Crippen molar-refractivity contribution in [3.63, 3.8) is 0 Å². The Labute approximate surface area is 300 Å². The highest BCUT2D eigenvalue weighted by Crippen LogP contribution is 2.43. The minimum atomic E-state index is -1.06. The predicted octanol–water partition coefficient (Wildman–Crippen LogP) is 3.12. The maximum atomic E-state index is 14.5. The molecule has 1 saturated heterocycles. The zero-order valence-corrected chi connectivity index (χ0v) is 30.8. The van der Waals surface area contributed by atoms with E-state index < -0.39 is 70.9 Å². The van der Waals surface area contributed by atoms with Gasteiger partial charge in [-0.1, -0.05) is 84.7 Å². The molecule has 5 amide bonds. The van der Waals surface area contributed by atoms with Crippen LogP contribution in [-0.2, 0) is 24.0 Å². The monoisotopic (exact) mass is 703 g/mol. The standard InChI is InChI=1S/C38H53N7O6/c1-8-13-27(31(46)36(50)41-23(4)24-14-10-9-11-15-24)42-35(49)30-26-17-12-16-25(26)21-45(30)37(51)32(38(5,6)7)44-34(48)29(22(2)3)43-33(47)28-20-39-18-19-40-28/h9-11,14-15,18-20,22-23,25-27,29-30,32H,8,12-13,16-17,21H2,1-7H3,(H,41,50)(H,42,49)(H,43,47)(H,44,48)/t23-,25-,26-,27?,29+,30?,32+/m0/s1. The number of fused-ring (bicyclic) bond motifs is 1. The minimum absolute atomic E-state index is 0.0555. The molecule has 0 bridgehead atoms. The molecule has 0 radical (unpaired) electrons. The van der Waals surface area contributed by atoms with Gasteiger partial charge in [0.25, 0.3) is 11.8 Å². The molecule has 1 aromatic carbocycles. The molecule has 2 aliphatic rings. The van der Waals surface area contributed by atoms with Gasteiger partial charge < -0.3 is 26.2 Å². The van der Waals surface area contributed by atoms with Gasteiger partial charge in [0, 0.05) is 18.9 Å². The van der Waals surface area contributed by atoms with Gasteiger partial charge in [-0.05, 0) is 54.9 Å². The van der Waals surface area contributed by atoms with Crippen molar-refractivity contribution >= 4 is 35.3 Å². The molecule has 1 saturated carbocycles. The van der Waals surface area contributed by atoms with Crippen molar-refractivity contribution in [2.45, 2.75) is 111 Å². The number of rotatable bonds is 14. The molecule has 13 nitrogen and oxygen atoms in total. The molecular formula is C38H53N7O6. The maximum Gasteiger partial charge on any atom is 0.290 e. The third-order valence-electron chi connectivity index (χ3n) is 9.95. The Morgan fingerprint density at radius 2 is 1.63 bits per heavy atom. The number of hydrogen-bond acceptors (Lipinski definition) is 8. The Balaban J connectivity index is 1.52. The molecule has 4 rings (SSSR count). The Kier molecular flexibility index (Phi) is 13.1. The van der Waals surface area contributed by atoms with Gasteiger partial charge in [-0.25, -0.2) is 4.98 Å². The summed E-state index contributed by atoms with van der Waals surface area (Å²) in [5.74, 6) is -3.90. The van der Waals surface area contributed by atoms with E-state index in [0.29, 0.717) is 13.0 Å². The molecule has 2 fully saturated rings. The summed E-state index contributed by atoms with van der Waals surface area (Å²) in [5.41, 5.74) is 0.131. The molecule has 4 N–H and O–H groups in total. The summed E-state index contributed by atoms with van der Waals surface area (Å²) in [5, 5.41) is 11.2. The van der Waals surface area contributed by atoms with Crippen LogP contribution in [0.15, 0.2) is 48.9 Å². The molecule has 1 aliphatic heterocycles. The molecule has 0 spiro atoms. The predicted molar refractivity (Wildman–Crippen MR) is 191 cm³/mol. The van der Waals surface area contributed by atoms with E-state index in [1.54, 1.807) is 25.7 Å². The number of benzene rings is 1. The highest BCUT2D eigenvalue weighted by atomic mass is 16.2. The van der Waals surface area contributed by atoms with Gasteiger partial charge in [-0.3, -0.25) is 33.8 Å². The molecule has 2 unspecified atom stereocenters. The van der Waals surface area contributed by atoms with Crippen molar-refractivity contribution in [1.82, 2.24) is 36.1 Å². The van der Waals surface area contributed by atoms with Crippen molar-refractivity contribution in [1.29, 1.82) is 0 Å². The number of ketones is 1. The second-order valence-corrected chi connectivity index (χ2v) is 15.2. The molecule has 2 heterocycles. The van der Waals surface area contributed by atoms with Crippen LogP contribution < -0.4 is 21.3 Å². The lowest BCUT2D eigenvalue weighted by molar-refractivity contribution is -0.146. The largest absolute Gasteiger partial charge is 0.344 e. The van der Waals surface area contributed by atoms with Gasteiger partial charge in [0.15, 0.2) is 0 Å². The highest BCUT2D eigenvalue weighted by Gasteiger charge is 2.52. The number of nitrogens with one attached hydrogen (secondary N) is 4.